The molecule has 0 aromatic heterocycles. The predicted molar refractivity (Wildman–Crippen MR) is 101 cm³/mol. The number of hydrogen-bond acceptors (Lipinski definition) is 4. The zero-order chi connectivity index (χ0) is 18.0. The van der Waals surface area contributed by atoms with Gasteiger partial charge in [0.25, 0.3) is 0 Å². The maximum atomic E-state index is 13.2. The smallest absolute Gasteiger partial charge is 0.331 e. The van der Waals surface area contributed by atoms with Crippen LogP contribution in [-0.2, 0) is 21.5 Å². The van der Waals surface area contributed by atoms with Crippen LogP contribution in [0.1, 0.15) is 24.0 Å². The van der Waals surface area contributed by atoms with E-state index in [9.17, 15) is 4.79 Å². The Kier molecular flexibility index (Phi) is 4.79. The molecular weight excluding hydrogens is 324 g/mol. The molecule has 0 aliphatic carbocycles. The number of nitrogens with zero attached hydrogens (tertiary/aromatic N) is 1. The van der Waals surface area contributed by atoms with Crippen LogP contribution in [0, 0.1) is 5.92 Å². The highest BCUT2D eigenvalue weighted by molar-refractivity contribution is 5.83. The van der Waals surface area contributed by atoms with Crippen molar-refractivity contribution in [2.24, 2.45) is 11.7 Å². The van der Waals surface area contributed by atoms with Crippen LogP contribution < -0.4 is 5.73 Å². The van der Waals surface area contributed by atoms with E-state index in [0.717, 1.165) is 43.6 Å². The first kappa shape index (κ1) is 17.3. The van der Waals surface area contributed by atoms with Gasteiger partial charge in [-0.3, -0.25) is 4.90 Å². The molecule has 3 aliphatic heterocycles. The lowest BCUT2D eigenvalue weighted by molar-refractivity contribution is -0.166. The summed E-state index contributed by atoms with van der Waals surface area (Å²) in [7, 11) is 0. The summed E-state index contributed by atoms with van der Waals surface area (Å²) in [5, 5.41) is 0. The van der Waals surface area contributed by atoms with Crippen molar-refractivity contribution < 1.29 is 9.53 Å². The molecule has 2 aromatic rings. The van der Waals surface area contributed by atoms with Gasteiger partial charge in [-0.1, -0.05) is 60.7 Å². The normalized spacial score (nSPS) is 26.9. The number of fused-ring (bicyclic) bond motifs is 3. The number of carbonyl (C=O) groups excluding carboxylic acids is 1. The molecule has 3 saturated heterocycles. The second-order valence-electron chi connectivity index (χ2n) is 7.58. The Bertz CT molecular complexity index is 741. The lowest BCUT2D eigenvalue weighted by Gasteiger charge is -2.44. The highest BCUT2D eigenvalue weighted by atomic mass is 16.5. The minimum atomic E-state index is -1.17. The SMILES string of the molecule is NC(Cc1ccccc1)(C(=O)O[C@H]1CN2CCC1CC2)c1ccccc1. The van der Waals surface area contributed by atoms with Gasteiger partial charge in [0.15, 0.2) is 0 Å². The van der Waals surface area contributed by atoms with E-state index in [1.54, 1.807) is 0 Å². The van der Waals surface area contributed by atoms with Gasteiger partial charge in [-0.25, -0.2) is 4.79 Å². The number of piperidine rings is 3. The molecule has 5 rings (SSSR count). The first-order valence-corrected chi connectivity index (χ1v) is 9.47. The van der Waals surface area contributed by atoms with Crippen molar-refractivity contribution in [3.05, 3.63) is 71.8 Å². The molecule has 0 spiro atoms. The summed E-state index contributed by atoms with van der Waals surface area (Å²) >= 11 is 0. The van der Waals surface area contributed by atoms with Gasteiger partial charge in [0, 0.05) is 13.0 Å². The van der Waals surface area contributed by atoms with Gasteiger partial charge in [-0.2, -0.15) is 0 Å². The van der Waals surface area contributed by atoms with E-state index in [4.69, 9.17) is 10.5 Å². The van der Waals surface area contributed by atoms with Gasteiger partial charge in [-0.05, 0) is 43.0 Å². The summed E-state index contributed by atoms with van der Waals surface area (Å²) in [5.41, 5.74) is 7.38. The number of esters is 1. The summed E-state index contributed by atoms with van der Waals surface area (Å²) in [5.74, 6) is 0.159. The van der Waals surface area contributed by atoms with Crippen LogP contribution in [0.4, 0.5) is 0 Å². The molecule has 3 aliphatic rings. The first-order chi connectivity index (χ1) is 12.6. The lowest BCUT2D eigenvalue weighted by atomic mass is 9.83. The highest BCUT2D eigenvalue weighted by Gasteiger charge is 2.43. The van der Waals surface area contributed by atoms with E-state index in [1.165, 1.54) is 0 Å². The van der Waals surface area contributed by atoms with Gasteiger partial charge < -0.3 is 10.5 Å². The molecule has 3 fully saturated rings. The van der Waals surface area contributed by atoms with E-state index in [-0.39, 0.29) is 12.1 Å². The summed E-state index contributed by atoms with van der Waals surface area (Å²) in [6.45, 7) is 3.08. The van der Waals surface area contributed by atoms with Crippen molar-refractivity contribution in [2.45, 2.75) is 30.9 Å². The average Bonchev–Trinajstić information content (AvgIpc) is 2.70. The van der Waals surface area contributed by atoms with E-state index < -0.39 is 5.54 Å². The Labute approximate surface area is 155 Å². The molecular formula is C22H26N2O2. The molecule has 2 atom stereocenters. The highest BCUT2D eigenvalue weighted by Crippen LogP contribution is 2.32. The molecule has 2 bridgehead atoms. The molecule has 1 unspecified atom stereocenters. The average molecular weight is 350 g/mol. The van der Waals surface area contributed by atoms with Gasteiger partial charge in [0.2, 0.25) is 0 Å². The van der Waals surface area contributed by atoms with E-state index in [2.05, 4.69) is 4.90 Å². The van der Waals surface area contributed by atoms with Crippen molar-refractivity contribution in [3.8, 4) is 0 Å². The van der Waals surface area contributed by atoms with Crippen LogP contribution in [0.25, 0.3) is 0 Å². The Balaban J connectivity index is 1.59. The van der Waals surface area contributed by atoms with E-state index in [1.807, 2.05) is 60.7 Å². The first-order valence-electron chi connectivity index (χ1n) is 9.47. The molecule has 2 N–H and O–H groups in total. The molecule has 26 heavy (non-hydrogen) atoms. The fourth-order valence-corrected chi connectivity index (χ4v) is 4.23. The number of ether oxygens (including phenoxy) is 1. The fraction of sp³-hybridized carbons (Fsp3) is 0.409. The largest absolute Gasteiger partial charge is 0.459 e. The molecule has 4 heteroatoms. The molecule has 3 heterocycles. The minimum absolute atomic E-state index is 0.0348. The van der Waals surface area contributed by atoms with Crippen LogP contribution in [0.3, 0.4) is 0 Å². The topological polar surface area (TPSA) is 55.6 Å². The van der Waals surface area contributed by atoms with Gasteiger partial charge >= 0.3 is 5.97 Å². The van der Waals surface area contributed by atoms with Crippen molar-refractivity contribution >= 4 is 5.97 Å². The van der Waals surface area contributed by atoms with Crippen LogP contribution in [0.5, 0.6) is 0 Å². The van der Waals surface area contributed by atoms with Crippen LogP contribution in [0.15, 0.2) is 60.7 Å². The van der Waals surface area contributed by atoms with Crippen molar-refractivity contribution in [1.29, 1.82) is 0 Å². The molecule has 136 valence electrons. The molecule has 4 nitrogen and oxygen atoms in total. The lowest BCUT2D eigenvalue weighted by Crippen LogP contribution is -2.55. The zero-order valence-electron chi connectivity index (χ0n) is 15.0. The standard InChI is InChI=1S/C22H26N2O2/c23-22(19-9-5-2-6-10-19,15-17-7-3-1-4-8-17)21(25)26-20-16-24-13-11-18(20)12-14-24/h1-10,18,20H,11-16,23H2/t20-,22?/m0/s1. The Hall–Kier alpha value is -2.17. The maximum absolute atomic E-state index is 13.2. The number of carbonyl (C=O) groups is 1. The summed E-state index contributed by atoms with van der Waals surface area (Å²) in [6.07, 6.45) is 2.61. The maximum Gasteiger partial charge on any atom is 0.331 e. The van der Waals surface area contributed by atoms with Gasteiger partial charge in [-0.15, -0.1) is 0 Å². The molecule has 0 saturated carbocycles. The van der Waals surface area contributed by atoms with Crippen molar-refractivity contribution in [1.82, 2.24) is 4.90 Å². The Morgan fingerprint density at radius 1 is 1.04 bits per heavy atom. The van der Waals surface area contributed by atoms with E-state index in [0.29, 0.717) is 12.3 Å². The fourth-order valence-electron chi connectivity index (χ4n) is 4.23. The minimum Gasteiger partial charge on any atom is -0.459 e. The summed E-state index contributed by atoms with van der Waals surface area (Å²) < 4.78 is 6.01. The second kappa shape index (κ2) is 7.22. The third-order valence-electron chi connectivity index (χ3n) is 5.83. The monoisotopic (exact) mass is 350 g/mol. The Morgan fingerprint density at radius 2 is 1.65 bits per heavy atom. The van der Waals surface area contributed by atoms with Gasteiger partial charge in [0.05, 0.1) is 0 Å². The van der Waals surface area contributed by atoms with Crippen LogP contribution in [0.2, 0.25) is 0 Å². The second-order valence-corrected chi connectivity index (χ2v) is 7.58. The molecule has 0 radical (unpaired) electrons. The van der Waals surface area contributed by atoms with E-state index >= 15 is 0 Å². The third kappa shape index (κ3) is 3.39. The quantitative estimate of drug-likeness (QED) is 0.843. The molecule has 2 aromatic carbocycles. The molecule has 0 amide bonds. The number of benzene rings is 2. The summed E-state index contributed by atoms with van der Waals surface area (Å²) in [4.78, 5) is 15.6. The number of hydrogen-bond donors (Lipinski definition) is 1. The van der Waals surface area contributed by atoms with Crippen molar-refractivity contribution in [3.63, 3.8) is 0 Å². The van der Waals surface area contributed by atoms with Crippen molar-refractivity contribution in [2.75, 3.05) is 19.6 Å². The van der Waals surface area contributed by atoms with Crippen LogP contribution in [-0.4, -0.2) is 36.6 Å². The number of rotatable bonds is 5. The summed E-state index contributed by atoms with van der Waals surface area (Å²) in [6, 6.07) is 19.5. The van der Waals surface area contributed by atoms with Crippen LogP contribution >= 0.6 is 0 Å². The third-order valence-corrected chi connectivity index (χ3v) is 5.83. The Morgan fingerprint density at radius 3 is 2.23 bits per heavy atom. The van der Waals surface area contributed by atoms with Gasteiger partial charge in [0.1, 0.15) is 11.6 Å². The predicted octanol–water partition coefficient (Wildman–Crippen LogP) is 2.72. The number of nitrogens with two attached hydrogens (primary N) is 1. The zero-order valence-corrected chi connectivity index (χ0v) is 15.0.